The third-order valence-electron chi connectivity index (χ3n) is 2.59. The number of nitrogens with zero attached hydrogens (tertiary/aromatic N) is 1. The average Bonchev–Trinajstić information content (AvgIpc) is 2.27. The minimum Gasteiger partial charge on any atom is -0.398 e. The van der Waals surface area contributed by atoms with Crippen LogP contribution in [0.2, 0.25) is 0 Å². The Kier molecular flexibility index (Phi) is 5.06. The highest BCUT2D eigenvalue weighted by atomic mass is 32.2. The highest BCUT2D eigenvalue weighted by molar-refractivity contribution is 7.89. The molecule has 0 aromatic heterocycles. The van der Waals surface area contributed by atoms with Crippen molar-refractivity contribution in [2.75, 3.05) is 32.4 Å². The quantitative estimate of drug-likeness (QED) is 0.747. The molecule has 0 saturated heterocycles. The van der Waals surface area contributed by atoms with Gasteiger partial charge in [-0.1, -0.05) is 6.92 Å². The number of halogens is 1. The topological polar surface area (TPSA) is 75.4 Å². The molecule has 102 valence electrons. The number of nitrogens with two attached hydrogens (primary N) is 1. The van der Waals surface area contributed by atoms with Crippen molar-refractivity contribution in [3.63, 3.8) is 0 Å². The number of sulfonamides is 1. The smallest absolute Gasteiger partial charge is 0.242 e. The summed E-state index contributed by atoms with van der Waals surface area (Å²) >= 11 is 0. The number of nitrogens with one attached hydrogen (secondary N) is 1. The Bertz CT molecular complexity index is 505. The van der Waals surface area contributed by atoms with Gasteiger partial charge < -0.3 is 10.6 Å². The van der Waals surface area contributed by atoms with E-state index in [4.69, 9.17) is 5.73 Å². The van der Waals surface area contributed by atoms with Gasteiger partial charge in [0, 0.05) is 13.1 Å². The van der Waals surface area contributed by atoms with Crippen molar-refractivity contribution < 1.29 is 12.8 Å². The van der Waals surface area contributed by atoms with Crippen molar-refractivity contribution in [1.29, 1.82) is 0 Å². The molecular formula is C11H18FN3O2S. The average molecular weight is 275 g/mol. The maximum absolute atomic E-state index is 12.8. The first kappa shape index (κ1) is 14.9. The lowest BCUT2D eigenvalue weighted by Crippen LogP contribution is -2.33. The fraction of sp³-hybridized carbons (Fsp3) is 0.455. The van der Waals surface area contributed by atoms with E-state index in [1.54, 1.807) is 0 Å². The van der Waals surface area contributed by atoms with Crippen molar-refractivity contribution in [3.8, 4) is 0 Å². The Morgan fingerprint density at radius 1 is 1.44 bits per heavy atom. The molecule has 0 unspecified atom stereocenters. The third-order valence-corrected chi connectivity index (χ3v) is 4.12. The Morgan fingerprint density at radius 3 is 2.67 bits per heavy atom. The van der Waals surface area contributed by atoms with Crippen LogP contribution >= 0.6 is 0 Å². The van der Waals surface area contributed by atoms with E-state index < -0.39 is 15.8 Å². The van der Waals surface area contributed by atoms with Crippen LogP contribution < -0.4 is 10.5 Å². The molecule has 1 aromatic carbocycles. The molecule has 0 spiro atoms. The summed E-state index contributed by atoms with van der Waals surface area (Å²) in [6.45, 7) is 3.69. The van der Waals surface area contributed by atoms with Gasteiger partial charge in [-0.05, 0) is 31.8 Å². The van der Waals surface area contributed by atoms with Gasteiger partial charge in [-0.2, -0.15) is 0 Å². The van der Waals surface area contributed by atoms with E-state index >= 15 is 0 Å². The summed E-state index contributed by atoms with van der Waals surface area (Å²) in [5.74, 6) is -0.558. The fourth-order valence-electron chi connectivity index (χ4n) is 1.37. The highest BCUT2D eigenvalue weighted by Crippen LogP contribution is 2.18. The van der Waals surface area contributed by atoms with Crippen LogP contribution in [-0.2, 0) is 10.0 Å². The fourth-order valence-corrected chi connectivity index (χ4v) is 2.50. The Hall–Kier alpha value is -1.18. The molecule has 0 fully saturated rings. The molecule has 0 heterocycles. The Labute approximate surface area is 107 Å². The van der Waals surface area contributed by atoms with E-state index in [1.165, 1.54) is 0 Å². The number of likely N-dealkylation sites (N-methyl/N-ethyl adjacent to an activating group) is 1. The molecular weight excluding hydrogens is 257 g/mol. The zero-order valence-corrected chi connectivity index (χ0v) is 11.3. The van der Waals surface area contributed by atoms with Crippen LogP contribution in [0.3, 0.4) is 0 Å². The van der Waals surface area contributed by atoms with Gasteiger partial charge in [0.2, 0.25) is 10.0 Å². The first-order chi connectivity index (χ1) is 8.36. The van der Waals surface area contributed by atoms with Crippen molar-refractivity contribution in [2.45, 2.75) is 11.8 Å². The first-order valence-corrected chi connectivity index (χ1v) is 7.08. The lowest BCUT2D eigenvalue weighted by atomic mass is 10.3. The van der Waals surface area contributed by atoms with Gasteiger partial charge >= 0.3 is 0 Å². The van der Waals surface area contributed by atoms with Crippen LogP contribution in [0.25, 0.3) is 0 Å². The van der Waals surface area contributed by atoms with Crippen LogP contribution in [0.1, 0.15) is 6.92 Å². The number of hydrogen-bond acceptors (Lipinski definition) is 4. The zero-order chi connectivity index (χ0) is 13.8. The van der Waals surface area contributed by atoms with Gasteiger partial charge in [0.05, 0.1) is 5.69 Å². The number of nitrogen functional groups attached to an aromatic ring is 1. The summed E-state index contributed by atoms with van der Waals surface area (Å²) in [6, 6.07) is 3.23. The van der Waals surface area contributed by atoms with Gasteiger partial charge in [0.15, 0.2) is 0 Å². The summed E-state index contributed by atoms with van der Waals surface area (Å²) in [4.78, 5) is 1.87. The summed E-state index contributed by atoms with van der Waals surface area (Å²) in [7, 11) is -1.79. The molecule has 0 atom stereocenters. The summed E-state index contributed by atoms with van der Waals surface area (Å²) < 4.78 is 39.1. The molecule has 7 heteroatoms. The minimum absolute atomic E-state index is 0.0913. The largest absolute Gasteiger partial charge is 0.398 e. The predicted octanol–water partition coefficient (Wildman–Crippen LogP) is 0.638. The van der Waals surface area contributed by atoms with E-state index in [2.05, 4.69) is 4.72 Å². The predicted molar refractivity (Wildman–Crippen MR) is 69.2 cm³/mol. The van der Waals surface area contributed by atoms with Crippen molar-refractivity contribution in [2.24, 2.45) is 0 Å². The monoisotopic (exact) mass is 275 g/mol. The summed E-state index contributed by atoms with van der Waals surface area (Å²) in [5.41, 5.74) is 5.40. The van der Waals surface area contributed by atoms with E-state index in [9.17, 15) is 12.8 Å². The van der Waals surface area contributed by atoms with E-state index in [-0.39, 0.29) is 17.1 Å². The zero-order valence-electron chi connectivity index (χ0n) is 10.5. The second-order valence-corrected chi connectivity index (χ2v) is 5.71. The third kappa shape index (κ3) is 3.94. The maximum Gasteiger partial charge on any atom is 0.242 e. The lowest BCUT2D eigenvalue weighted by Gasteiger charge is -2.14. The molecule has 0 aliphatic rings. The summed E-state index contributed by atoms with van der Waals surface area (Å²) in [6.07, 6.45) is 0. The SMILES string of the molecule is CCN(C)CCNS(=O)(=O)c1ccc(F)cc1N. The van der Waals surface area contributed by atoms with Gasteiger partial charge in [-0.25, -0.2) is 17.5 Å². The second kappa shape index (κ2) is 6.12. The van der Waals surface area contributed by atoms with Gasteiger partial charge in [0.1, 0.15) is 10.7 Å². The van der Waals surface area contributed by atoms with Gasteiger partial charge in [0.25, 0.3) is 0 Å². The van der Waals surface area contributed by atoms with Crippen molar-refractivity contribution >= 4 is 15.7 Å². The standard InChI is InChI=1S/C11H18FN3O2S/c1-3-15(2)7-6-14-18(16,17)11-5-4-9(12)8-10(11)13/h4-5,8,14H,3,6-7,13H2,1-2H3. The van der Waals surface area contributed by atoms with Crippen LogP contribution in [0, 0.1) is 5.82 Å². The molecule has 0 amide bonds. The highest BCUT2D eigenvalue weighted by Gasteiger charge is 2.17. The number of benzene rings is 1. The molecule has 0 aliphatic carbocycles. The first-order valence-electron chi connectivity index (χ1n) is 5.60. The van der Waals surface area contributed by atoms with Crippen LogP contribution in [0.4, 0.5) is 10.1 Å². The molecule has 1 aromatic rings. The lowest BCUT2D eigenvalue weighted by molar-refractivity contribution is 0.358. The van der Waals surface area contributed by atoms with Gasteiger partial charge in [-0.3, -0.25) is 0 Å². The normalized spacial score (nSPS) is 12.0. The summed E-state index contributed by atoms with van der Waals surface area (Å²) in [5, 5.41) is 0. The van der Waals surface area contributed by atoms with E-state index in [0.29, 0.717) is 6.54 Å². The van der Waals surface area contributed by atoms with Crippen LogP contribution in [-0.4, -0.2) is 40.0 Å². The maximum atomic E-state index is 12.8. The van der Waals surface area contributed by atoms with Crippen LogP contribution in [0.15, 0.2) is 23.1 Å². The Balaban J connectivity index is 2.74. The molecule has 5 nitrogen and oxygen atoms in total. The van der Waals surface area contributed by atoms with Crippen molar-refractivity contribution in [1.82, 2.24) is 9.62 Å². The van der Waals surface area contributed by atoms with E-state index in [0.717, 1.165) is 24.7 Å². The van der Waals surface area contributed by atoms with E-state index in [1.807, 2.05) is 18.9 Å². The van der Waals surface area contributed by atoms with Gasteiger partial charge in [-0.15, -0.1) is 0 Å². The molecule has 18 heavy (non-hydrogen) atoms. The molecule has 0 bridgehead atoms. The molecule has 0 saturated carbocycles. The molecule has 0 radical (unpaired) electrons. The van der Waals surface area contributed by atoms with Crippen LogP contribution in [0.5, 0.6) is 0 Å². The minimum atomic E-state index is -3.68. The number of rotatable bonds is 6. The number of hydrogen-bond donors (Lipinski definition) is 2. The second-order valence-electron chi connectivity index (χ2n) is 3.98. The molecule has 3 N–H and O–H groups in total. The molecule has 0 aliphatic heterocycles. The Morgan fingerprint density at radius 2 is 2.11 bits per heavy atom. The number of anilines is 1. The molecule has 1 rings (SSSR count). The van der Waals surface area contributed by atoms with Crippen molar-refractivity contribution in [3.05, 3.63) is 24.0 Å².